The maximum Gasteiger partial charge on any atom is 0.229 e. The first kappa shape index (κ1) is 19.3. The molecule has 0 spiro atoms. The van der Waals surface area contributed by atoms with Gasteiger partial charge in [0.25, 0.3) is 0 Å². The molecule has 0 saturated carbocycles. The zero-order valence-corrected chi connectivity index (χ0v) is 14.4. The van der Waals surface area contributed by atoms with Gasteiger partial charge in [0, 0.05) is 0 Å². The highest BCUT2D eigenvalue weighted by atomic mass is 16.7. The summed E-state index contributed by atoms with van der Waals surface area (Å²) in [7, 11) is 0. The van der Waals surface area contributed by atoms with Crippen LogP contribution in [0.4, 0.5) is 0 Å². The van der Waals surface area contributed by atoms with Crippen LogP contribution in [-0.2, 0) is 4.74 Å². The molecule has 1 fully saturated rings. The molecule has 3 unspecified atom stereocenters. The average molecular weight is 374 g/mol. The fraction of sp³-hybridized carbons (Fsp3) is 0.300. The molecule has 0 bridgehead atoms. The summed E-state index contributed by atoms with van der Waals surface area (Å²) < 4.78 is 10.9. The Kier molecular flexibility index (Phi) is 6.10. The van der Waals surface area contributed by atoms with Gasteiger partial charge in [-0.1, -0.05) is 36.4 Å². The van der Waals surface area contributed by atoms with Gasteiger partial charge in [-0.15, -0.1) is 0 Å². The molecule has 1 heterocycles. The Labute approximate surface area is 156 Å². The van der Waals surface area contributed by atoms with Crippen LogP contribution >= 0.6 is 0 Å². The van der Waals surface area contributed by atoms with Crippen LogP contribution in [0.2, 0.25) is 0 Å². The number of ether oxygens (including phenoxy) is 2. The number of hydrogen-bond donors (Lipinski definition) is 5. The van der Waals surface area contributed by atoms with Crippen molar-refractivity contribution >= 4 is 12.2 Å². The van der Waals surface area contributed by atoms with E-state index in [0.29, 0.717) is 5.75 Å². The van der Waals surface area contributed by atoms with Gasteiger partial charge < -0.3 is 35.0 Å². The minimum Gasteiger partial charge on any atom is -0.508 e. The van der Waals surface area contributed by atoms with Crippen molar-refractivity contribution in [3.8, 4) is 11.5 Å². The Hall–Kier alpha value is -2.42. The van der Waals surface area contributed by atoms with Crippen LogP contribution < -0.4 is 4.74 Å². The van der Waals surface area contributed by atoms with Gasteiger partial charge in [-0.25, -0.2) is 0 Å². The molecule has 5 atom stereocenters. The molecule has 2 aromatic carbocycles. The SMILES string of the molecule is OCC1O[C@@H](Oc2ccc(/C=C/c3cccc(O)c3)cc2)C(O)C(O)[C@@H]1O. The molecule has 7 heteroatoms. The molecule has 1 saturated heterocycles. The number of phenolic OH excluding ortho intramolecular Hbond substituents is 1. The maximum absolute atomic E-state index is 10.00. The molecular weight excluding hydrogens is 352 g/mol. The van der Waals surface area contributed by atoms with E-state index < -0.39 is 37.3 Å². The summed E-state index contributed by atoms with van der Waals surface area (Å²) in [4.78, 5) is 0. The second-order valence-electron chi connectivity index (χ2n) is 6.31. The van der Waals surface area contributed by atoms with Crippen LogP contribution in [0.3, 0.4) is 0 Å². The van der Waals surface area contributed by atoms with Crippen molar-refractivity contribution in [2.24, 2.45) is 0 Å². The van der Waals surface area contributed by atoms with Crippen molar-refractivity contribution in [3.63, 3.8) is 0 Å². The topological polar surface area (TPSA) is 120 Å². The van der Waals surface area contributed by atoms with Gasteiger partial charge in [0.2, 0.25) is 6.29 Å². The third-order valence-electron chi connectivity index (χ3n) is 4.32. The third kappa shape index (κ3) is 4.65. The first-order valence-electron chi connectivity index (χ1n) is 8.52. The van der Waals surface area contributed by atoms with Crippen LogP contribution in [-0.4, -0.2) is 62.8 Å². The fourth-order valence-corrected chi connectivity index (χ4v) is 2.78. The lowest BCUT2D eigenvalue weighted by Crippen LogP contribution is -2.60. The van der Waals surface area contributed by atoms with Crippen LogP contribution in [0, 0.1) is 0 Å². The van der Waals surface area contributed by atoms with Crippen LogP contribution in [0.25, 0.3) is 12.2 Å². The number of aliphatic hydroxyl groups is 4. The lowest BCUT2D eigenvalue weighted by Gasteiger charge is -2.39. The molecule has 0 radical (unpaired) electrons. The van der Waals surface area contributed by atoms with E-state index in [4.69, 9.17) is 9.47 Å². The van der Waals surface area contributed by atoms with Gasteiger partial charge in [0.1, 0.15) is 35.9 Å². The minimum atomic E-state index is -1.48. The van der Waals surface area contributed by atoms with Crippen molar-refractivity contribution < 1.29 is 35.0 Å². The number of rotatable bonds is 5. The highest BCUT2D eigenvalue weighted by Crippen LogP contribution is 2.25. The molecule has 7 nitrogen and oxygen atoms in total. The van der Waals surface area contributed by atoms with E-state index in [9.17, 15) is 25.5 Å². The van der Waals surface area contributed by atoms with Gasteiger partial charge in [-0.3, -0.25) is 0 Å². The molecule has 0 aliphatic carbocycles. The van der Waals surface area contributed by atoms with Gasteiger partial charge in [0.15, 0.2) is 0 Å². The standard InChI is InChI=1S/C20H22O7/c21-11-16-17(23)18(24)19(25)20(27-16)26-15-8-6-12(7-9-15)4-5-13-2-1-3-14(22)10-13/h1-10,16-25H,11H2/b5-4+/t16?,17-,18?,19?,20-/m1/s1. The molecule has 3 rings (SSSR count). The van der Waals surface area contributed by atoms with Crippen molar-refractivity contribution in [1.29, 1.82) is 0 Å². The molecule has 0 amide bonds. The number of aromatic hydroxyl groups is 1. The Morgan fingerprint density at radius 3 is 2.26 bits per heavy atom. The summed E-state index contributed by atoms with van der Waals surface area (Å²) in [6, 6.07) is 13.8. The lowest BCUT2D eigenvalue weighted by atomic mass is 9.99. The summed E-state index contributed by atoms with van der Waals surface area (Å²) >= 11 is 0. The Bertz CT molecular complexity index is 772. The Morgan fingerprint density at radius 1 is 0.889 bits per heavy atom. The predicted molar refractivity (Wildman–Crippen MR) is 97.9 cm³/mol. The average Bonchev–Trinajstić information content (AvgIpc) is 2.68. The van der Waals surface area contributed by atoms with E-state index in [1.807, 2.05) is 18.2 Å². The molecule has 2 aromatic rings. The predicted octanol–water partition coefficient (Wildman–Crippen LogP) is 0.741. The van der Waals surface area contributed by atoms with Gasteiger partial charge >= 0.3 is 0 Å². The van der Waals surface area contributed by atoms with Crippen molar-refractivity contribution in [3.05, 3.63) is 59.7 Å². The van der Waals surface area contributed by atoms with Gasteiger partial charge in [-0.05, 0) is 35.4 Å². The normalized spacial score (nSPS) is 28.4. The molecule has 1 aliphatic heterocycles. The maximum atomic E-state index is 10.00. The third-order valence-corrected chi connectivity index (χ3v) is 4.32. The Morgan fingerprint density at radius 2 is 1.59 bits per heavy atom. The molecule has 0 aromatic heterocycles. The summed E-state index contributed by atoms with van der Waals surface area (Å²) in [6.45, 7) is -0.510. The van der Waals surface area contributed by atoms with Gasteiger partial charge in [-0.2, -0.15) is 0 Å². The van der Waals surface area contributed by atoms with Gasteiger partial charge in [0.05, 0.1) is 6.61 Å². The molecule has 5 N–H and O–H groups in total. The molecular formula is C20H22O7. The van der Waals surface area contributed by atoms with Crippen molar-refractivity contribution in [2.75, 3.05) is 6.61 Å². The first-order valence-corrected chi connectivity index (χ1v) is 8.52. The zero-order valence-electron chi connectivity index (χ0n) is 14.4. The zero-order chi connectivity index (χ0) is 19.4. The van der Waals surface area contributed by atoms with Crippen LogP contribution in [0.15, 0.2) is 48.5 Å². The van der Waals surface area contributed by atoms with E-state index >= 15 is 0 Å². The highest BCUT2D eigenvalue weighted by molar-refractivity contribution is 5.70. The van der Waals surface area contributed by atoms with Crippen molar-refractivity contribution in [1.82, 2.24) is 0 Å². The summed E-state index contributed by atoms with van der Waals surface area (Å²) in [5.74, 6) is 0.592. The van der Waals surface area contributed by atoms with E-state index in [1.165, 1.54) is 0 Å². The second-order valence-corrected chi connectivity index (χ2v) is 6.31. The van der Waals surface area contributed by atoms with E-state index in [0.717, 1.165) is 11.1 Å². The second kappa shape index (κ2) is 8.51. The summed E-state index contributed by atoms with van der Waals surface area (Å²) in [5.41, 5.74) is 1.75. The fourth-order valence-electron chi connectivity index (χ4n) is 2.78. The van der Waals surface area contributed by atoms with Crippen molar-refractivity contribution in [2.45, 2.75) is 30.7 Å². The number of hydrogen-bond acceptors (Lipinski definition) is 7. The van der Waals surface area contributed by atoms with Crippen LogP contribution in [0.1, 0.15) is 11.1 Å². The Balaban J connectivity index is 1.65. The first-order chi connectivity index (χ1) is 13.0. The number of phenols is 1. The van der Waals surface area contributed by atoms with E-state index in [1.54, 1.807) is 42.5 Å². The summed E-state index contributed by atoms with van der Waals surface area (Å²) in [5, 5.41) is 48.2. The largest absolute Gasteiger partial charge is 0.508 e. The smallest absolute Gasteiger partial charge is 0.229 e. The lowest BCUT2D eigenvalue weighted by molar-refractivity contribution is -0.277. The number of benzene rings is 2. The van der Waals surface area contributed by atoms with Crippen LogP contribution in [0.5, 0.6) is 11.5 Å². The van der Waals surface area contributed by atoms with E-state index in [-0.39, 0.29) is 5.75 Å². The number of aliphatic hydroxyl groups excluding tert-OH is 4. The van der Waals surface area contributed by atoms with E-state index in [2.05, 4.69) is 0 Å². The minimum absolute atomic E-state index is 0.195. The monoisotopic (exact) mass is 374 g/mol. The molecule has 27 heavy (non-hydrogen) atoms. The summed E-state index contributed by atoms with van der Waals surface area (Å²) in [6.07, 6.45) is -2.86. The molecule has 1 aliphatic rings. The quantitative estimate of drug-likeness (QED) is 0.490. The highest BCUT2D eigenvalue weighted by Gasteiger charge is 2.44. The molecule has 144 valence electrons.